The maximum Gasteiger partial charge on any atom is 1.00 e. The van der Waals surface area contributed by atoms with E-state index in [0.717, 1.165) is 0 Å². The Balaban J connectivity index is 0. The van der Waals surface area contributed by atoms with Crippen molar-refractivity contribution < 1.29 is 32.3 Å². The minimum atomic E-state index is -0.250. The van der Waals surface area contributed by atoms with Crippen molar-refractivity contribution >= 4 is 6.47 Å². The summed E-state index contributed by atoms with van der Waals surface area (Å²) in [5.74, 6) is 0. The van der Waals surface area contributed by atoms with Crippen molar-refractivity contribution in [3.05, 3.63) is 6.42 Å². The van der Waals surface area contributed by atoms with Gasteiger partial charge in [-0.3, -0.25) is 4.79 Å². The molecule has 0 bridgehead atoms. The standard InChI is InChI=1S/C5H9.CH2O2.Ag/c1-2-4-5-3-1;2-1-3;/h1H,2-5H2;1H,(H,2,3);/q-1;;+1. The van der Waals surface area contributed by atoms with Crippen LogP contribution in [0, 0.1) is 6.42 Å². The summed E-state index contributed by atoms with van der Waals surface area (Å²) in [7, 11) is 0. The van der Waals surface area contributed by atoms with Crippen LogP contribution in [-0.4, -0.2) is 11.6 Å². The molecule has 0 aromatic rings. The molecule has 0 aromatic carbocycles. The fraction of sp³-hybridized carbons (Fsp3) is 0.667. The first-order valence-corrected chi connectivity index (χ1v) is 2.81. The predicted octanol–water partition coefficient (Wildman–Crippen LogP) is 1.46. The van der Waals surface area contributed by atoms with Gasteiger partial charge in [0.15, 0.2) is 0 Å². The average Bonchev–Trinajstić information content (AvgIpc) is 2.17. The van der Waals surface area contributed by atoms with Crippen LogP contribution < -0.4 is 0 Å². The van der Waals surface area contributed by atoms with Crippen molar-refractivity contribution in [3.63, 3.8) is 0 Å². The molecule has 0 saturated heterocycles. The Labute approximate surface area is 71.2 Å². The number of rotatable bonds is 0. The molecule has 0 unspecified atom stereocenters. The molecular weight excluding hydrogens is 212 g/mol. The SMILES string of the molecule is O=CO.[Ag+].[CH-]1CCCC1. The third kappa shape index (κ3) is 11.7. The normalized spacial score (nSPS) is 14.7. The maximum absolute atomic E-state index is 8.36. The van der Waals surface area contributed by atoms with Crippen molar-refractivity contribution in [2.45, 2.75) is 25.7 Å². The summed E-state index contributed by atoms with van der Waals surface area (Å²) in [6, 6.07) is 0. The zero-order valence-corrected chi connectivity index (χ0v) is 6.62. The molecule has 1 N–H and O–H groups in total. The van der Waals surface area contributed by atoms with Gasteiger partial charge in [0.2, 0.25) is 0 Å². The monoisotopic (exact) mass is 222 g/mol. The molecule has 1 saturated carbocycles. The van der Waals surface area contributed by atoms with Crippen LogP contribution in [0.1, 0.15) is 25.7 Å². The van der Waals surface area contributed by atoms with Crippen molar-refractivity contribution in [1.29, 1.82) is 0 Å². The Morgan fingerprint density at radius 3 is 1.78 bits per heavy atom. The van der Waals surface area contributed by atoms with E-state index in [-0.39, 0.29) is 28.9 Å². The van der Waals surface area contributed by atoms with Gasteiger partial charge in [-0.2, -0.15) is 12.8 Å². The van der Waals surface area contributed by atoms with Crippen LogP contribution in [0.25, 0.3) is 0 Å². The second-order valence-corrected chi connectivity index (χ2v) is 1.68. The van der Waals surface area contributed by atoms with Crippen molar-refractivity contribution in [2.24, 2.45) is 0 Å². The summed E-state index contributed by atoms with van der Waals surface area (Å²) < 4.78 is 0. The topological polar surface area (TPSA) is 37.3 Å². The minimum absolute atomic E-state index is 0. The first kappa shape index (κ1) is 11.9. The summed E-state index contributed by atoms with van der Waals surface area (Å²) in [4.78, 5) is 8.36. The zero-order chi connectivity index (χ0) is 6.24. The van der Waals surface area contributed by atoms with Crippen LogP contribution in [0.4, 0.5) is 0 Å². The number of hydrogen-bond acceptors (Lipinski definition) is 1. The second-order valence-electron chi connectivity index (χ2n) is 1.68. The molecule has 0 radical (unpaired) electrons. The molecule has 1 rings (SSSR count). The van der Waals surface area contributed by atoms with Gasteiger partial charge in [0.05, 0.1) is 0 Å². The Hall–Kier alpha value is 0.210. The van der Waals surface area contributed by atoms with Gasteiger partial charge in [0, 0.05) is 0 Å². The molecule has 0 atom stereocenters. The molecule has 2 nitrogen and oxygen atoms in total. The minimum Gasteiger partial charge on any atom is -0.483 e. The molecule has 0 heterocycles. The maximum atomic E-state index is 8.36. The van der Waals surface area contributed by atoms with E-state index in [1.54, 1.807) is 0 Å². The Bertz CT molecular complexity index is 45.4. The first-order valence-electron chi connectivity index (χ1n) is 2.81. The first-order chi connectivity index (χ1) is 3.91. The van der Waals surface area contributed by atoms with E-state index in [0.29, 0.717) is 0 Å². The Morgan fingerprint density at radius 2 is 1.67 bits per heavy atom. The van der Waals surface area contributed by atoms with E-state index in [1.165, 1.54) is 25.7 Å². The predicted molar refractivity (Wildman–Crippen MR) is 31.5 cm³/mol. The van der Waals surface area contributed by atoms with Crippen molar-refractivity contribution in [1.82, 2.24) is 0 Å². The molecular formula is C6H11AgO2. The second kappa shape index (κ2) is 11.1. The van der Waals surface area contributed by atoms with E-state index in [1.807, 2.05) is 0 Å². The summed E-state index contributed by atoms with van der Waals surface area (Å²) in [5.41, 5.74) is 0. The average molecular weight is 223 g/mol. The third-order valence-electron chi connectivity index (χ3n) is 1.07. The molecule has 58 valence electrons. The number of hydrogen-bond donors (Lipinski definition) is 1. The van der Waals surface area contributed by atoms with Gasteiger partial charge in [0.25, 0.3) is 6.47 Å². The molecule has 3 heteroatoms. The molecule has 9 heavy (non-hydrogen) atoms. The third-order valence-corrected chi connectivity index (χ3v) is 1.07. The van der Waals surface area contributed by atoms with Crippen LogP contribution in [-0.2, 0) is 27.2 Å². The van der Waals surface area contributed by atoms with E-state index in [4.69, 9.17) is 9.90 Å². The molecule has 1 aliphatic rings. The summed E-state index contributed by atoms with van der Waals surface area (Å²) in [6.45, 7) is -0.250. The molecule has 0 spiro atoms. The fourth-order valence-electron chi connectivity index (χ4n) is 0.722. The summed E-state index contributed by atoms with van der Waals surface area (Å²) in [6.07, 6.45) is 8.00. The van der Waals surface area contributed by atoms with E-state index < -0.39 is 0 Å². The van der Waals surface area contributed by atoms with E-state index in [2.05, 4.69) is 6.42 Å². The summed E-state index contributed by atoms with van der Waals surface area (Å²) in [5, 5.41) is 6.89. The van der Waals surface area contributed by atoms with Gasteiger partial charge in [-0.05, 0) is 0 Å². The van der Waals surface area contributed by atoms with Gasteiger partial charge < -0.3 is 11.5 Å². The van der Waals surface area contributed by atoms with Crippen molar-refractivity contribution in [3.8, 4) is 0 Å². The van der Waals surface area contributed by atoms with Crippen LogP contribution in [0.2, 0.25) is 0 Å². The van der Waals surface area contributed by atoms with Gasteiger partial charge in [-0.15, -0.1) is 0 Å². The largest absolute Gasteiger partial charge is 1.00 e. The Kier molecular flexibility index (Phi) is 14.7. The van der Waals surface area contributed by atoms with Crippen LogP contribution >= 0.6 is 0 Å². The van der Waals surface area contributed by atoms with E-state index >= 15 is 0 Å². The van der Waals surface area contributed by atoms with Crippen molar-refractivity contribution in [2.75, 3.05) is 0 Å². The van der Waals surface area contributed by atoms with Crippen LogP contribution in [0.5, 0.6) is 0 Å². The molecule has 1 fully saturated rings. The zero-order valence-electron chi connectivity index (χ0n) is 5.14. The van der Waals surface area contributed by atoms with Gasteiger partial charge in [-0.25, -0.2) is 0 Å². The summed E-state index contributed by atoms with van der Waals surface area (Å²) >= 11 is 0. The van der Waals surface area contributed by atoms with Gasteiger partial charge in [-0.1, -0.05) is 12.8 Å². The molecule has 0 aliphatic heterocycles. The van der Waals surface area contributed by atoms with Crippen LogP contribution in [0.3, 0.4) is 0 Å². The van der Waals surface area contributed by atoms with Crippen LogP contribution in [0.15, 0.2) is 0 Å². The Morgan fingerprint density at radius 1 is 1.33 bits per heavy atom. The molecule has 1 aliphatic carbocycles. The molecule has 0 amide bonds. The fourth-order valence-corrected chi connectivity index (χ4v) is 0.722. The van der Waals surface area contributed by atoms with Gasteiger partial charge in [0.1, 0.15) is 0 Å². The smallest absolute Gasteiger partial charge is 0.483 e. The quantitative estimate of drug-likeness (QED) is 0.383. The number of carboxylic acid groups (broad SMARTS) is 1. The van der Waals surface area contributed by atoms with E-state index in [9.17, 15) is 0 Å². The van der Waals surface area contributed by atoms with Gasteiger partial charge >= 0.3 is 22.4 Å². The number of carbonyl (C=O) groups is 1. The molecule has 0 aromatic heterocycles.